The van der Waals surface area contributed by atoms with E-state index in [1.807, 2.05) is 42.5 Å². The zero-order valence-corrected chi connectivity index (χ0v) is 27.4. The maximum absolute atomic E-state index is 13.9. The highest BCUT2D eigenvalue weighted by atomic mass is 35.5. The molecule has 7 nitrogen and oxygen atoms in total. The summed E-state index contributed by atoms with van der Waals surface area (Å²) >= 11 is 12.9. The van der Waals surface area contributed by atoms with Crippen LogP contribution in [0.2, 0.25) is 10.0 Å². The third-order valence-electron chi connectivity index (χ3n) is 9.28. The fraction of sp³-hybridized carbons (Fsp3) is 0.382. The monoisotopic (exact) mass is 656 g/mol. The molecule has 0 radical (unpaired) electrons. The highest BCUT2D eigenvalue weighted by Gasteiger charge is 2.44. The fourth-order valence-corrected chi connectivity index (χ4v) is 7.03. The number of fused-ring (bicyclic) bond motifs is 2. The number of halogens is 3. The van der Waals surface area contributed by atoms with Crippen molar-refractivity contribution < 1.29 is 14.4 Å². The molecule has 3 amide bonds. The molecule has 44 heavy (non-hydrogen) atoms. The summed E-state index contributed by atoms with van der Waals surface area (Å²) in [7, 11) is 3.43. The largest absolute Gasteiger partial charge is 0.359 e. The Bertz CT molecular complexity index is 1490. The molecule has 2 aliphatic rings. The summed E-state index contributed by atoms with van der Waals surface area (Å²) in [6.45, 7) is 2.27. The summed E-state index contributed by atoms with van der Waals surface area (Å²) in [4.78, 5) is 43.3. The second-order valence-electron chi connectivity index (χ2n) is 11.6. The van der Waals surface area contributed by atoms with Crippen molar-refractivity contribution in [3.05, 3.63) is 105 Å². The van der Waals surface area contributed by atoms with Crippen molar-refractivity contribution in [2.24, 2.45) is 0 Å². The summed E-state index contributed by atoms with van der Waals surface area (Å²) in [5, 5.41) is 6.87. The smallest absolute Gasteiger partial charge is 0.254 e. The first-order chi connectivity index (χ1) is 20.7. The number of nitrogens with zero attached hydrogens (tertiary/aromatic N) is 2. The molecule has 2 heterocycles. The van der Waals surface area contributed by atoms with Crippen molar-refractivity contribution >= 4 is 53.3 Å². The molecule has 2 aliphatic heterocycles. The number of amides is 3. The molecule has 5 rings (SSSR count). The van der Waals surface area contributed by atoms with Crippen molar-refractivity contribution in [1.82, 2.24) is 20.4 Å². The van der Waals surface area contributed by atoms with E-state index in [0.717, 1.165) is 37.1 Å². The maximum Gasteiger partial charge on any atom is 0.254 e. The molecule has 0 aromatic heterocycles. The number of rotatable bonds is 9. The number of hydrogen-bond acceptors (Lipinski definition) is 4. The fourth-order valence-electron chi connectivity index (χ4n) is 6.73. The Hall–Kier alpha value is -3.10. The van der Waals surface area contributed by atoms with Gasteiger partial charge in [-0.2, -0.15) is 0 Å². The molecule has 234 valence electrons. The van der Waals surface area contributed by atoms with E-state index in [4.69, 9.17) is 23.2 Å². The molecular formula is C34H39Cl3N4O3. The van der Waals surface area contributed by atoms with E-state index in [0.29, 0.717) is 41.4 Å². The number of hydrogen-bond donors (Lipinski definition) is 2. The van der Waals surface area contributed by atoms with Gasteiger partial charge >= 0.3 is 0 Å². The summed E-state index contributed by atoms with van der Waals surface area (Å²) in [6, 6.07) is 22.9. The Morgan fingerprint density at radius 3 is 2.34 bits per heavy atom. The third-order valence-corrected chi connectivity index (χ3v) is 10.0. The first-order valence-electron chi connectivity index (χ1n) is 14.8. The van der Waals surface area contributed by atoms with E-state index in [-0.39, 0.29) is 42.1 Å². The van der Waals surface area contributed by atoms with E-state index in [1.54, 1.807) is 37.2 Å². The Morgan fingerprint density at radius 2 is 1.66 bits per heavy atom. The quantitative estimate of drug-likeness (QED) is 0.298. The van der Waals surface area contributed by atoms with Gasteiger partial charge < -0.3 is 20.4 Å². The number of carbonyl (C=O) groups excluding carboxylic acids is 3. The van der Waals surface area contributed by atoms with Crippen LogP contribution in [-0.4, -0.2) is 61.3 Å². The van der Waals surface area contributed by atoms with Crippen LogP contribution in [0.15, 0.2) is 72.8 Å². The van der Waals surface area contributed by atoms with Crippen LogP contribution < -0.4 is 10.6 Å². The number of piperidine rings is 1. The van der Waals surface area contributed by atoms with Gasteiger partial charge in [0.25, 0.3) is 5.91 Å². The van der Waals surface area contributed by atoms with Crippen molar-refractivity contribution in [2.75, 3.05) is 33.7 Å². The maximum atomic E-state index is 13.9. The van der Waals surface area contributed by atoms with Crippen molar-refractivity contribution in [1.29, 1.82) is 0 Å². The number of nitrogens with one attached hydrogen (secondary N) is 2. The third kappa shape index (κ3) is 6.91. The van der Waals surface area contributed by atoms with E-state index in [2.05, 4.69) is 27.7 Å². The molecule has 1 atom stereocenters. The predicted octanol–water partition coefficient (Wildman–Crippen LogP) is 5.96. The van der Waals surface area contributed by atoms with Gasteiger partial charge in [-0.05, 0) is 66.6 Å². The molecule has 3 aromatic carbocycles. The van der Waals surface area contributed by atoms with Gasteiger partial charge in [-0.15, -0.1) is 12.4 Å². The minimum Gasteiger partial charge on any atom is -0.359 e. The van der Waals surface area contributed by atoms with Crippen LogP contribution >= 0.6 is 35.6 Å². The lowest BCUT2D eigenvalue weighted by Gasteiger charge is -2.47. The van der Waals surface area contributed by atoms with Crippen LogP contribution in [0, 0.1) is 0 Å². The second-order valence-corrected chi connectivity index (χ2v) is 12.4. The van der Waals surface area contributed by atoms with Gasteiger partial charge in [0.05, 0.1) is 27.5 Å². The lowest BCUT2D eigenvalue weighted by Crippen LogP contribution is -2.56. The van der Waals surface area contributed by atoms with Crippen molar-refractivity contribution in [2.45, 2.75) is 49.6 Å². The summed E-state index contributed by atoms with van der Waals surface area (Å²) in [6.07, 6.45) is 3.23. The Balaban J connectivity index is 0.00000442. The van der Waals surface area contributed by atoms with Gasteiger partial charge in [-0.25, -0.2) is 0 Å². The molecule has 0 aliphatic carbocycles. The van der Waals surface area contributed by atoms with Crippen LogP contribution in [0.3, 0.4) is 0 Å². The van der Waals surface area contributed by atoms with Gasteiger partial charge in [0.15, 0.2) is 0 Å². The molecule has 10 heteroatoms. The van der Waals surface area contributed by atoms with Gasteiger partial charge in [0, 0.05) is 45.7 Å². The van der Waals surface area contributed by atoms with Crippen LogP contribution in [0.4, 0.5) is 0 Å². The topological polar surface area (TPSA) is 81.8 Å². The lowest BCUT2D eigenvalue weighted by atomic mass is 9.75. The molecule has 0 unspecified atom stereocenters. The van der Waals surface area contributed by atoms with Crippen LogP contribution in [0.5, 0.6) is 0 Å². The average molecular weight is 658 g/mol. The van der Waals surface area contributed by atoms with Crippen LogP contribution in [-0.2, 0) is 27.1 Å². The van der Waals surface area contributed by atoms with Gasteiger partial charge in [-0.1, -0.05) is 71.7 Å². The van der Waals surface area contributed by atoms with E-state index < -0.39 is 5.54 Å². The molecule has 1 fully saturated rings. The SMILES string of the molecule is CNC(=O)CC[C@](CCN1CCC2(CC1)NC(=O)Cc1ccccc12)(c1ccc(Cl)c(Cl)c1)N(C)C(=O)c1ccccc1.Cl. The number of likely N-dealkylation sites (tertiary alicyclic amines) is 1. The first-order valence-corrected chi connectivity index (χ1v) is 15.5. The van der Waals surface area contributed by atoms with Gasteiger partial charge in [-0.3, -0.25) is 14.4 Å². The second kappa shape index (κ2) is 14.3. The molecular weight excluding hydrogens is 619 g/mol. The standard InChI is InChI=1S/C34H38Cl2N4O3.ClH/c1-37-30(41)14-15-34(26-12-13-28(35)29(36)23-26,39(2)32(43)24-8-4-3-5-9-24)18-21-40-19-16-33(17-20-40)27-11-7-6-10-25(27)22-31(42)38-33;/h3-13,23H,14-22H2,1-2H3,(H,37,41)(H,38,42);1H/t34-;/m0./s1. The Labute approximate surface area is 275 Å². The normalized spacial score (nSPS) is 17.0. The zero-order chi connectivity index (χ0) is 30.6. The lowest BCUT2D eigenvalue weighted by molar-refractivity contribution is -0.124. The molecule has 1 spiro atoms. The number of benzene rings is 3. The summed E-state index contributed by atoms with van der Waals surface area (Å²) < 4.78 is 0. The number of carbonyl (C=O) groups is 3. The van der Waals surface area contributed by atoms with Gasteiger partial charge in [0.2, 0.25) is 11.8 Å². The van der Waals surface area contributed by atoms with Crippen LogP contribution in [0.25, 0.3) is 0 Å². The van der Waals surface area contributed by atoms with Gasteiger partial charge in [0.1, 0.15) is 0 Å². The van der Waals surface area contributed by atoms with Crippen molar-refractivity contribution in [3.8, 4) is 0 Å². The molecule has 1 saturated heterocycles. The van der Waals surface area contributed by atoms with Crippen molar-refractivity contribution in [3.63, 3.8) is 0 Å². The van der Waals surface area contributed by atoms with E-state index in [1.165, 1.54) is 5.56 Å². The summed E-state index contributed by atoms with van der Waals surface area (Å²) in [5.74, 6) is -0.166. The molecule has 0 bridgehead atoms. The van der Waals surface area contributed by atoms with E-state index >= 15 is 0 Å². The highest BCUT2D eigenvalue weighted by molar-refractivity contribution is 6.42. The molecule has 3 aromatic rings. The predicted molar refractivity (Wildman–Crippen MR) is 177 cm³/mol. The molecule has 0 saturated carbocycles. The zero-order valence-electron chi connectivity index (χ0n) is 25.1. The average Bonchev–Trinajstić information content (AvgIpc) is 3.03. The minimum absolute atomic E-state index is 0. The first kappa shape index (κ1) is 33.8. The van der Waals surface area contributed by atoms with Crippen LogP contribution in [0.1, 0.15) is 59.2 Å². The Morgan fingerprint density at radius 1 is 0.977 bits per heavy atom. The Kier molecular flexibility index (Phi) is 11.0. The minimum atomic E-state index is -0.839. The summed E-state index contributed by atoms with van der Waals surface area (Å²) in [5.41, 5.74) is 2.53. The highest BCUT2D eigenvalue weighted by Crippen LogP contribution is 2.42. The van der Waals surface area contributed by atoms with E-state index in [9.17, 15) is 14.4 Å². The molecule has 2 N–H and O–H groups in total.